The molecule has 0 aromatic rings. The molecule has 0 saturated heterocycles. The summed E-state index contributed by atoms with van der Waals surface area (Å²) in [5.74, 6) is 0. The van der Waals surface area contributed by atoms with Gasteiger partial charge in [-0.2, -0.15) is 0 Å². The Kier molecular flexibility index (Phi) is 36.3. The normalized spacial score (nSPS) is 4.80. The van der Waals surface area contributed by atoms with Crippen molar-refractivity contribution >= 4 is 0 Å². The van der Waals surface area contributed by atoms with Gasteiger partial charge in [-0.05, 0) is 0 Å². The van der Waals surface area contributed by atoms with E-state index in [2.05, 4.69) is 0 Å². The van der Waals surface area contributed by atoms with Gasteiger partial charge in [0.2, 0.25) is 0 Å². The molecule has 0 spiro atoms. The molecule has 0 aliphatic carbocycles. The minimum Gasteiger partial charge on any atom is -0.412 e. The maximum Gasteiger partial charge on any atom is 3.00 e. The standard InChI is InChI=1S/Fe.2NO3.H2O/c;2*2-1(3)4;/h;;;1H2/q+3;2*-1;. The third kappa shape index (κ3) is 189. The van der Waals surface area contributed by atoms with Gasteiger partial charge in [0.15, 0.2) is 0 Å². The van der Waals surface area contributed by atoms with Crippen LogP contribution in [0.15, 0.2) is 0 Å². The fraction of sp³-hybridized carbons (Fsp3) is 0. The van der Waals surface area contributed by atoms with Gasteiger partial charge >= 0.3 is 17.1 Å². The first-order chi connectivity index (χ1) is 3.46. The molecular formula is H2FeN2O7+. The molecule has 61 valence electrons. The third-order valence-corrected chi connectivity index (χ3v) is 0. The quantitative estimate of drug-likeness (QED) is 0.266. The first kappa shape index (κ1) is 23.2. The van der Waals surface area contributed by atoms with Crippen molar-refractivity contribution in [3.8, 4) is 0 Å². The largest absolute Gasteiger partial charge is 3.00 e. The Morgan fingerprint density at radius 2 is 0.800 bits per heavy atom. The maximum absolute atomic E-state index is 8.25. The molecule has 0 atom stereocenters. The van der Waals surface area contributed by atoms with Crippen molar-refractivity contribution in [1.29, 1.82) is 0 Å². The van der Waals surface area contributed by atoms with Crippen LogP contribution in [0.2, 0.25) is 0 Å². The molecule has 10 heavy (non-hydrogen) atoms. The fourth-order valence-electron chi connectivity index (χ4n) is 0. The van der Waals surface area contributed by atoms with E-state index in [0.29, 0.717) is 0 Å². The van der Waals surface area contributed by atoms with Crippen LogP contribution in [0.25, 0.3) is 0 Å². The number of hydrogen-bond donors (Lipinski definition) is 0. The van der Waals surface area contributed by atoms with Crippen LogP contribution in [0.1, 0.15) is 0 Å². The van der Waals surface area contributed by atoms with E-state index >= 15 is 0 Å². The van der Waals surface area contributed by atoms with Crippen molar-refractivity contribution in [2.24, 2.45) is 0 Å². The Labute approximate surface area is 64.3 Å². The van der Waals surface area contributed by atoms with Gasteiger partial charge in [-0.3, -0.25) is 0 Å². The molecule has 0 aromatic carbocycles. The first-order valence-electron chi connectivity index (χ1n) is 1.10. The van der Waals surface area contributed by atoms with Crippen LogP contribution in [0.4, 0.5) is 0 Å². The van der Waals surface area contributed by atoms with E-state index in [1.807, 2.05) is 0 Å². The van der Waals surface area contributed by atoms with Crippen molar-refractivity contribution in [1.82, 2.24) is 0 Å². The summed E-state index contributed by atoms with van der Waals surface area (Å²) in [6.07, 6.45) is 0. The Balaban J connectivity index is -0.0000000300. The Morgan fingerprint density at radius 1 is 0.800 bits per heavy atom. The minimum absolute atomic E-state index is 0. The van der Waals surface area contributed by atoms with Crippen molar-refractivity contribution < 1.29 is 32.7 Å². The molecule has 10 heteroatoms. The summed E-state index contributed by atoms with van der Waals surface area (Å²) in [5, 5.41) is 29.5. The minimum atomic E-state index is -1.75. The zero-order chi connectivity index (χ0) is 7.15. The molecule has 9 nitrogen and oxygen atoms in total. The SMILES string of the molecule is O.O=[N+]([O-])[O-].O=[N+]([O-])[O-].[Fe+3]. The van der Waals surface area contributed by atoms with Crippen LogP contribution < -0.4 is 0 Å². The van der Waals surface area contributed by atoms with Crippen molar-refractivity contribution in [3.05, 3.63) is 30.6 Å². The molecule has 1 radical (unpaired) electrons. The van der Waals surface area contributed by atoms with Gasteiger partial charge in [-0.15, -0.1) is 0 Å². The fourth-order valence-corrected chi connectivity index (χ4v) is 0. The second-order valence-electron chi connectivity index (χ2n) is 0.447. The summed E-state index contributed by atoms with van der Waals surface area (Å²) in [5.41, 5.74) is 0. The van der Waals surface area contributed by atoms with E-state index < -0.39 is 10.2 Å². The van der Waals surface area contributed by atoms with Crippen molar-refractivity contribution in [2.45, 2.75) is 0 Å². The summed E-state index contributed by atoms with van der Waals surface area (Å²) in [4.78, 5) is 16.5. The van der Waals surface area contributed by atoms with Gasteiger partial charge in [-0.25, -0.2) is 0 Å². The van der Waals surface area contributed by atoms with E-state index in [-0.39, 0.29) is 22.5 Å². The molecule has 0 aromatic heterocycles. The van der Waals surface area contributed by atoms with E-state index in [4.69, 9.17) is 30.6 Å². The Bertz CT molecular complexity index is 69.6. The van der Waals surface area contributed by atoms with Crippen LogP contribution in [0.5, 0.6) is 0 Å². The second-order valence-corrected chi connectivity index (χ2v) is 0.447. The molecule has 0 bridgehead atoms. The zero-order valence-corrected chi connectivity index (χ0v) is 5.30. The summed E-state index contributed by atoms with van der Waals surface area (Å²) in [6, 6.07) is 0. The van der Waals surface area contributed by atoms with Gasteiger partial charge in [0.1, 0.15) is 0 Å². The van der Waals surface area contributed by atoms with Crippen molar-refractivity contribution in [3.63, 3.8) is 0 Å². The van der Waals surface area contributed by atoms with Crippen LogP contribution in [0, 0.1) is 30.6 Å². The molecule has 0 heterocycles. The summed E-state index contributed by atoms with van der Waals surface area (Å²) >= 11 is 0. The topological polar surface area (TPSA) is 164 Å². The zero-order valence-electron chi connectivity index (χ0n) is 4.20. The number of nitrogens with zero attached hydrogens (tertiary/aromatic N) is 2. The summed E-state index contributed by atoms with van der Waals surface area (Å²) in [6.45, 7) is 0. The summed E-state index contributed by atoms with van der Waals surface area (Å²) in [7, 11) is 0. The first-order valence-corrected chi connectivity index (χ1v) is 1.10. The van der Waals surface area contributed by atoms with E-state index in [1.54, 1.807) is 0 Å². The Morgan fingerprint density at radius 3 is 0.800 bits per heavy atom. The second kappa shape index (κ2) is 15.7. The van der Waals surface area contributed by atoms with Gasteiger partial charge in [-0.1, -0.05) is 0 Å². The predicted molar refractivity (Wildman–Crippen MR) is 24.3 cm³/mol. The van der Waals surface area contributed by atoms with Gasteiger partial charge in [0.25, 0.3) is 0 Å². The van der Waals surface area contributed by atoms with Crippen LogP contribution in [0.3, 0.4) is 0 Å². The molecular weight excluding hydrogens is 196 g/mol. The molecule has 0 aliphatic rings. The molecule has 0 rings (SSSR count). The number of rotatable bonds is 0. The Hall–Kier alpha value is -1.12. The van der Waals surface area contributed by atoms with Gasteiger partial charge in [0, 0.05) is 0 Å². The smallest absolute Gasteiger partial charge is 0.412 e. The average molecular weight is 198 g/mol. The van der Waals surface area contributed by atoms with E-state index in [9.17, 15) is 0 Å². The summed E-state index contributed by atoms with van der Waals surface area (Å²) < 4.78 is 0. The van der Waals surface area contributed by atoms with Gasteiger partial charge in [0.05, 0.1) is 10.2 Å². The molecule has 0 saturated carbocycles. The van der Waals surface area contributed by atoms with Crippen LogP contribution in [-0.4, -0.2) is 15.6 Å². The molecule has 0 amide bonds. The third-order valence-electron chi connectivity index (χ3n) is 0. The molecule has 0 fully saturated rings. The number of hydrogen-bond acceptors (Lipinski definition) is 6. The predicted octanol–water partition coefficient (Wildman–Crippen LogP) is -1.31. The van der Waals surface area contributed by atoms with E-state index in [0.717, 1.165) is 0 Å². The van der Waals surface area contributed by atoms with Gasteiger partial charge < -0.3 is 36.1 Å². The van der Waals surface area contributed by atoms with E-state index in [1.165, 1.54) is 0 Å². The van der Waals surface area contributed by atoms with Crippen LogP contribution >= 0.6 is 0 Å². The molecule has 2 N–H and O–H groups in total. The molecule has 0 unspecified atom stereocenters. The monoisotopic (exact) mass is 198 g/mol. The van der Waals surface area contributed by atoms with Crippen LogP contribution in [-0.2, 0) is 17.1 Å². The van der Waals surface area contributed by atoms with Crippen molar-refractivity contribution in [2.75, 3.05) is 0 Å². The maximum atomic E-state index is 8.25. The molecule has 0 aliphatic heterocycles. The average Bonchev–Trinajstić information content (AvgIpc) is 1.25.